The van der Waals surface area contributed by atoms with Crippen molar-refractivity contribution in [2.75, 3.05) is 10.5 Å². The minimum absolute atomic E-state index is 0.122. The lowest BCUT2D eigenvalue weighted by molar-refractivity contribution is 0.595. The van der Waals surface area contributed by atoms with Gasteiger partial charge in [0, 0.05) is 5.69 Å². The lowest BCUT2D eigenvalue weighted by Crippen LogP contribution is -2.14. The standard InChI is InChI=1S/C13H13FN2O2S/c1-9-7-11(15)5-6-13(9)16-19(17,18)12-4-2-3-10(14)8-12/h2-8,16H,15H2,1H3. The second kappa shape index (κ2) is 4.89. The Morgan fingerprint density at radius 2 is 1.89 bits per heavy atom. The van der Waals surface area contributed by atoms with Gasteiger partial charge < -0.3 is 5.73 Å². The lowest BCUT2D eigenvalue weighted by atomic mass is 10.2. The van der Waals surface area contributed by atoms with E-state index >= 15 is 0 Å². The zero-order chi connectivity index (χ0) is 14.0. The van der Waals surface area contributed by atoms with Crippen LogP contribution in [0.3, 0.4) is 0 Å². The number of benzene rings is 2. The molecule has 3 N–H and O–H groups in total. The number of hydrogen-bond acceptors (Lipinski definition) is 3. The number of nitrogens with one attached hydrogen (secondary N) is 1. The van der Waals surface area contributed by atoms with Crippen LogP contribution in [0.2, 0.25) is 0 Å². The van der Waals surface area contributed by atoms with Crippen molar-refractivity contribution in [2.45, 2.75) is 11.8 Å². The molecule has 0 unspecified atom stereocenters. The van der Waals surface area contributed by atoms with Gasteiger partial charge in [0.05, 0.1) is 10.6 Å². The number of anilines is 2. The van der Waals surface area contributed by atoms with Gasteiger partial charge in [0.1, 0.15) is 5.82 Å². The third kappa shape index (κ3) is 3.03. The summed E-state index contributed by atoms with van der Waals surface area (Å²) in [5.41, 5.74) is 7.25. The van der Waals surface area contributed by atoms with Gasteiger partial charge in [0.25, 0.3) is 10.0 Å². The molecule has 0 aromatic heterocycles. The topological polar surface area (TPSA) is 72.2 Å². The highest BCUT2D eigenvalue weighted by Crippen LogP contribution is 2.21. The summed E-state index contributed by atoms with van der Waals surface area (Å²) >= 11 is 0. The highest BCUT2D eigenvalue weighted by molar-refractivity contribution is 7.92. The maximum Gasteiger partial charge on any atom is 0.262 e. The van der Waals surface area contributed by atoms with E-state index in [1.54, 1.807) is 25.1 Å². The summed E-state index contributed by atoms with van der Waals surface area (Å²) in [5, 5.41) is 0. The molecular weight excluding hydrogens is 267 g/mol. The number of hydrogen-bond donors (Lipinski definition) is 2. The Morgan fingerprint density at radius 3 is 2.53 bits per heavy atom. The maximum atomic E-state index is 13.1. The van der Waals surface area contributed by atoms with Crippen LogP contribution in [0.4, 0.5) is 15.8 Å². The summed E-state index contributed by atoms with van der Waals surface area (Å²) in [6.07, 6.45) is 0. The molecule has 6 heteroatoms. The van der Waals surface area contributed by atoms with Crippen molar-refractivity contribution in [1.29, 1.82) is 0 Å². The van der Waals surface area contributed by atoms with Crippen molar-refractivity contribution in [3.63, 3.8) is 0 Å². The molecule has 0 amide bonds. The lowest BCUT2D eigenvalue weighted by Gasteiger charge is -2.11. The van der Waals surface area contributed by atoms with Crippen molar-refractivity contribution < 1.29 is 12.8 Å². The highest BCUT2D eigenvalue weighted by atomic mass is 32.2. The molecule has 0 saturated carbocycles. The molecule has 0 atom stereocenters. The van der Waals surface area contributed by atoms with Crippen LogP contribution in [-0.2, 0) is 10.0 Å². The number of halogens is 1. The fourth-order valence-corrected chi connectivity index (χ4v) is 2.80. The third-order valence-corrected chi connectivity index (χ3v) is 3.96. The summed E-state index contributed by atoms with van der Waals surface area (Å²) < 4.78 is 39.6. The quantitative estimate of drug-likeness (QED) is 0.848. The van der Waals surface area contributed by atoms with Gasteiger partial charge in [-0.3, -0.25) is 4.72 Å². The molecule has 19 heavy (non-hydrogen) atoms. The van der Waals surface area contributed by atoms with E-state index in [2.05, 4.69) is 4.72 Å². The highest BCUT2D eigenvalue weighted by Gasteiger charge is 2.15. The molecule has 0 heterocycles. The van der Waals surface area contributed by atoms with Crippen molar-refractivity contribution in [3.8, 4) is 0 Å². The summed E-state index contributed by atoms with van der Waals surface area (Å²) in [7, 11) is -3.80. The zero-order valence-electron chi connectivity index (χ0n) is 10.2. The summed E-state index contributed by atoms with van der Waals surface area (Å²) in [5.74, 6) is -0.600. The van der Waals surface area contributed by atoms with Crippen LogP contribution in [0.25, 0.3) is 0 Å². The molecule has 0 aliphatic rings. The average Bonchev–Trinajstić information content (AvgIpc) is 2.33. The maximum absolute atomic E-state index is 13.1. The van der Waals surface area contributed by atoms with E-state index < -0.39 is 15.8 Å². The third-order valence-electron chi connectivity index (χ3n) is 2.60. The van der Waals surface area contributed by atoms with E-state index in [0.717, 1.165) is 6.07 Å². The number of aryl methyl sites for hydroxylation is 1. The molecule has 0 bridgehead atoms. The Labute approximate surface area is 111 Å². The van der Waals surface area contributed by atoms with E-state index in [-0.39, 0.29) is 4.90 Å². The molecular formula is C13H13FN2O2S. The molecule has 0 aliphatic carbocycles. The molecule has 0 radical (unpaired) electrons. The largest absolute Gasteiger partial charge is 0.399 e. The Morgan fingerprint density at radius 1 is 1.16 bits per heavy atom. The van der Waals surface area contributed by atoms with Gasteiger partial charge in [0.15, 0.2) is 0 Å². The van der Waals surface area contributed by atoms with E-state index in [0.29, 0.717) is 16.9 Å². The van der Waals surface area contributed by atoms with Crippen LogP contribution >= 0.6 is 0 Å². The molecule has 4 nitrogen and oxygen atoms in total. The van der Waals surface area contributed by atoms with Gasteiger partial charge in [-0.25, -0.2) is 12.8 Å². The molecule has 0 saturated heterocycles. The molecule has 0 spiro atoms. The van der Waals surface area contributed by atoms with Crippen molar-refractivity contribution in [2.24, 2.45) is 0 Å². The van der Waals surface area contributed by atoms with E-state index in [9.17, 15) is 12.8 Å². The Bertz CT molecular complexity index is 714. The van der Waals surface area contributed by atoms with Gasteiger partial charge in [-0.1, -0.05) is 6.07 Å². The van der Waals surface area contributed by atoms with E-state index in [4.69, 9.17) is 5.73 Å². The van der Waals surface area contributed by atoms with Crippen molar-refractivity contribution in [3.05, 3.63) is 53.8 Å². The first-order valence-electron chi connectivity index (χ1n) is 5.53. The van der Waals surface area contributed by atoms with Crippen molar-refractivity contribution >= 4 is 21.4 Å². The molecule has 0 aliphatic heterocycles. The summed E-state index contributed by atoms with van der Waals surface area (Å²) in [6, 6.07) is 9.65. The van der Waals surface area contributed by atoms with Gasteiger partial charge in [-0.05, 0) is 48.9 Å². The fourth-order valence-electron chi connectivity index (χ4n) is 1.64. The first kappa shape index (κ1) is 13.4. The Kier molecular flexibility index (Phi) is 3.44. The number of rotatable bonds is 3. The monoisotopic (exact) mass is 280 g/mol. The van der Waals surface area contributed by atoms with E-state index in [1.807, 2.05) is 0 Å². The number of nitrogen functional groups attached to an aromatic ring is 1. The molecule has 2 rings (SSSR count). The zero-order valence-corrected chi connectivity index (χ0v) is 11.0. The molecule has 0 fully saturated rings. The number of nitrogens with two attached hydrogens (primary N) is 1. The van der Waals surface area contributed by atoms with Gasteiger partial charge in [-0.15, -0.1) is 0 Å². The van der Waals surface area contributed by atoms with Gasteiger partial charge in [0.2, 0.25) is 0 Å². The average molecular weight is 280 g/mol. The van der Waals surface area contributed by atoms with E-state index in [1.165, 1.54) is 18.2 Å². The molecule has 2 aromatic carbocycles. The first-order valence-corrected chi connectivity index (χ1v) is 7.01. The molecule has 2 aromatic rings. The summed E-state index contributed by atoms with van der Waals surface area (Å²) in [6.45, 7) is 1.74. The predicted molar refractivity (Wildman–Crippen MR) is 72.8 cm³/mol. The van der Waals surface area contributed by atoms with Crippen LogP contribution in [0.5, 0.6) is 0 Å². The van der Waals surface area contributed by atoms with Gasteiger partial charge in [-0.2, -0.15) is 0 Å². The Hall–Kier alpha value is -2.08. The van der Waals surface area contributed by atoms with Crippen molar-refractivity contribution in [1.82, 2.24) is 0 Å². The second-order valence-corrected chi connectivity index (χ2v) is 5.82. The first-order chi connectivity index (χ1) is 8.88. The minimum atomic E-state index is -3.80. The van der Waals surface area contributed by atoms with Crippen LogP contribution in [-0.4, -0.2) is 8.42 Å². The fraction of sp³-hybridized carbons (Fsp3) is 0.0769. The van der Waals surface area contributed by atoms with Crippen LogP contribution in [0.15, 0.2) is 47.4 Å². The summed E-state index contributed by atoms with van der Waals surface area (Å²) in [4.78, 5) is -0.122. The van der Waals surface area contributed by atoms with Crippen LogP contribution in [0.1, 0.15) is 5.56 Å². The number of sulfonamides is 1. The van der Waals surface area contributed by atoms with Crippen LogP contribution in [0, 0.1) is 12.7 Å². The molecule has 100 valence electrons. The second-order valence-electron chi connectivity index (χ2n) is 4.14. The predicted octanol–water partition coefficient (Wildman–Crippen LogP) is 2.52. The Balaban J connectivity index is 2.36. The smallest absolute Gasteiger partial charge is 0.262 e. The van der Waals surface area contributed by atoms with Crippen LogP contribution < -0.4 is 10.5 Å². The SMILES string of the molecule is Cc1cc(N)ccc1NS(=O)(=O)c1cccc(F)c1. The normalized spacial score (nSPS) is 11.3. The van der Waals surface area contributed by atoms with Gasteiger partial charge >= 0.3 is 0 Å². The minimum Gasteiger partial charge on any atom is -0.399 e.